The Balaban J connectivity index is 4.82. The molecule has 0 aliphatic heterocycles. The molecule has 0 unspecified atom stereocenters. The molecule has 10 heavy (non-hydrogen) atoms. The van der Waals surface area contributed by atoms with Crippen molar-refractivity contribution in [1.82, 2.24) is 0 Å². The van der Waals surface area contributed by atoms with Gasteiger partial charge in [-0.25, -0.2) is 0 Å². The molecule has 64 valence electrons. The van der Waals surface area contributed by atoms with Crippen LogP contribution in [-0.2, 0) is 0 Å². The SMILES string of the molecule is FC(F)(F)C=S(F)(F)(F)F. The summed E-state index contributed by atoms with van der Waals surface area (Å²) in [7, 11) is -8.27. The van der Waals surface area contributed by atoms with E-state index >= 15 is 0 Å². The fourth-order valence-electron chi connectivity index (χ4n) is 0.202. The first-order chi connectivity index (χ1) is 3.96. The van der Waals surface area contributed by atoms with Gasteiger partial charge < -0.3 is 0 Å². The quantitative estimate of drug-likeness (QED) is 0.406. The van der Waals surface area contributed by atoms with Crippen LogP contribution in [0.2, 0.25) is 0 Å². The minimum Gasteiger partial charge on any atom is -0.166 e. The van der Waals surface area contributed by atoms with E-state index in [2.05, 4.69) is 0 Å². The maximum atomic E-state index is 10.9. The van der Waals surface area contributed by atoms with Crippen molar-refractivity contribution in [2.45, 2.75) is 6.18 Å². The van der Waals surface area contributed by atoms with Crippen LogP contribution < -0.4 is 0 Å². The van der Waals surface area contributed by atoms with E-state index in [4.69, 9.17) is 0 Å². The van der Waals surface area contributed by atoms with Crippen LogP contribution in [-0.4, -0.2) is 11.5 Å². The van der Waals surface area contributed by atoms with Gasteiger partial charge in [-0.3, -0.25) is 0 Å². The molecule has 0 saturated heterocycles. The fourth-order valence-corrected chi connectivity index (χ4v) is 0.606. The van der Waals surface area contributed by atoms with Gasteiger partial charge in [0.25, 0.3) is 10.3 Å². The van der Waals surface area contributed by atoms with Crippen LogP contribution >= 0.6 is 10.3 Å². The van der Waals surface area contributed by atoms with Gasteiger partial charge >= 0.3 is 6.18 Å². The molecule has 0 rings (SSSR count). The van der Waals surface area contributed by atoms with Gasteiger partial charge in [-0.15, -0.1) is 15.5 Å². The summed E-state index contributed by atoms with van der Waals surface area (Å²) >= 11 is 0. The van der Waals surface area contributed by atoms with E-state index in [-0.39, 0.29) is 0 Å². The third-order valence-electron chi connectivity index (χ3n) is 0.312. The second-order valence-corrected chi connectivity index (χ2v) is 3.01. The number of hydrogen-bond acceptors (Lipinski definition) is 0. The Morgan fingerprint density at radius 3 is 1.20 bits per heavy atom. The molecule has 0 heterocycles. The Morgan fingerprint density at radius 1 is 0.900 bits per heavy atom. The number of hydrogen-bond donors (Lipinski definition) is 0. The Hall–Kier alpha value is -0.270. The number of alkyl halides is 3. The molecular formula is C2HF7S. The summed E-state index contributed by atoms with van der Waals surface area (Å²) in [5.74, 6) is 0. The predicted octanol–water partition coefficient (Wildman–Crippen LogP) is 3.23. The zero-order valence-corrected chi connectivity index (χ0v) is 4.95. The van der Waals surface area contributed by atoms with Gasteiger partial charge in [-0.2, -0.15) is 13.2 Å². The molecule has 0 aromatic heterocycles. The lowest BCUT2D eigenvalue weighted by Gasteiger charge is -2.11. The van der Waals surface area contributed by atoms with Crippen molar-refractivity contribution in [2.24, 2.45) is 0 Å². The van der Waals surface area contributed by atoms with E-state index < -0.39 is 21.8 Å². The van der Waals surface area contributed by atoms with E-state index in [9.17, 15) is 28.7 Å². The highest BCUT2D eigenvalue weighted by Crippen LogP contribution is 2.66. The van der Waals surface area contributed by atoms with Crippen molar-refractivity contribution in [1.29, 1.82) is 0 Å². The third kappa shape index (κ3) is 7.73. The standard InChI is InChI=1S/C2HF7S/c3-2(4,5)1-10(6,7,8)9/h1H. The first kappa shape index (κ1) is 9.73. The Kier molecular flexibility index (Phi) is 1.81. The average molecular weight is 190 g/mol. The van der Waals surface area contributed by atoms with Gasteiger partial charge in [0.15, 0.2) is 0 Å². The lowest BCUT2D eigenvalue weighted by molar-refractivity contribution is -0.0520. The summed E-state index contributed by atoms with van der Waals surface area (Å²) in [6.45, 7) is 0. The summed E-state index contributed by atoms with van der Waals surface area (Å²) < 4.78 is 76.0. The summed E-state index contributed by atoms with van der Waals surface area (Å²) in [5.41, 5.74) is 0. The van der Waals surface area contributed by atoms with Crippen LogP contribution in [0.3, 0.4) is 0 Å². The number of rotatable bonds is 0. The molecule has 0 saturated carbocycles. The van der Waals surface area contributed by atoms with Crippen molar-refractivity contribution in [2.75, 3.05) is 0 Å². The normalized spacial score (nSPS) is 17.7. The molecule has 0 radical (unpaired) electrons. The molecule has 0 atom stereocenters. The van der Waals surface area contributed by atoms with E-state index in [1.165, 1.54) is 0 Å². The zero-order chi connectivity index (χ0) is 8.65. The van der Waals surface area contributed by atoms with Crippen molar-refractivity contribution >= 4 is 15.7 Å². The van der Waals surface area contributed by atoms with Crippen LogP contribution in [0.4, 0.5) is 28.7 Å². The third-order valence-corrected chi connectivity index (χ3v) is 0.935. The van der Waals surface area contributed by atoms with Gasteiger partial charge in [-0.1, -0.05) is 0 Å². The minimum atomic E-state index is -8.27. The Morgan fingerprint density at radius 2 is 1.20 bits per heavy atom. The summed E-state index contributed by atoms with van der Waals surface area (Å²) in [6.07, 6.45) is -5.63. The van der Waals surface area contributed by atoms with E-state index in [0.29, 0.717) is 0 Å². The maximum absolute atomic E-state index is 10.9. The summed E-state index contributed by atoms with van der Waals surface area (Å²) in [5, 5.41) is -2.16. The van der Waals surface area contributed by atoms with Crippen LogP contribution in [0.1, 0.15) is 0 Å². The lowest BCUT2D eigenvalue weighted by atomic mass is 10.8. The highest BCUT2D eigenvalue weighted by atomic mass is 32.4. The largest absolute Gasteiger partial charge is 0.422 e. The van der Waals surface area contributed by atoms with Gasteiger partial charge in [0.1, 0.15) is 5.37 Å². The van der Waals surface area contributed by atoms with Gasteiger partial charge in [0.05, 0.1) is 0 Å². The highest BCUT2D eigenvalue weighted by Gasteiger charge is 2.39. The van der Waals surface area contributed by atoms with Crippen molar-refractivity contribution in [3.8, 4) is 0 Å². The first-order valence-electron chi connectivity index (χ1n) is 1.71. The second kappa shape index (κ2) is 1.86. The Bertz CT molecular complexity index is 169. The van der Waals surface area contributed by atoms with E-state index in [1.807, 2.05) is 0 Å². The smallest absolute Gasteiger partial charge is 0.166 e. The predicted molar refractivity (Wildman–Crippen MR) is 24.1 cm³/mol. The van der Waals surface area contributed by atoms with Crippen LogP contribution in [0.25, 0.3) is 0 Å². The molecule has 0 aromatic carbocycles. The van der Waals surface area contributed by atoms with Gasteiger partial charge in [-0.05, 0) is 0 Å². The molecule has 0 bridgehead atoms. The van der Waals surface area contributed by atoms with Gasteiger partial charge in [0, 0.05) is 0 Å². The molecular weight excluding hydrogens is 189 g/mol. The van der Waals surface area contributed by atoms with Crippen molar-refractivity contribution < 1.29 is 28.7 Å². The molecule has 0 fully saturated rings. The highest BCUT2D eigenvalue weighted by molar-refractivity contribution is 8.31. The maximum Gasteiger partial charge on any atom is 0.422 e. The average Bonchev–Trinajstić information content (AvgIpc) is 1.09. The van der Waals surface area contributed by atoms with E-state index in [0.717, 1.165) is 0 Å². The molecule has 0 amide bonds. The summed E-state index contributed by atoms with van der Waals surface area (Å²) in [4.78, 5) is 0. The van der Waals surface area contributed by atoms with E-state index in [1.54, 1.807) is 0 Å². The topological polar surface area (TPSA) is 0 Å². The second-order valence-electron chi connectivity index (χ2n) is 1.37. The molecule has 0 nitrogen and oxygen atoms in total. The molecule has 0 aliphatic carbocycles. The molecule has 0 aliphatic rings. The molecule has 0 spiro atoms. The first-order valence-corrected chi connectivity index (χ1v) is 3.41. The van der Waals surface area contributed by atoms with Gasteiger partial charge in [0.2, 0.25) is 0 Å². The number of halogens is 7. The van der Waals surface area contributed by atoms with Crippen molar-refractivity contribution in [3.05, 3.63) is 0 Å². The van der Waals surface area contributed by atoms with Crippen LogP contribution in [0, 0.1) is 0 Å². The molecule has 8 heteroatoms. The monoisotopic (exact) mass is 190 g/mol. The Labute approximate surface area is 51.7 Å². The lowest BCUT2D eigenvalue weighted by Crippen LogP contribution is -2.10. The van der Waals surface area contributed by atoms with Crippen molar-refractivity contribution in [3.63, 3.8) is 0 Å². The fraction of sp³-hybridized carbons (Fsp3) is 0.500. The minimum absolute atomic E-state index is 2.16. The summed E-state index contributed by atoms with van der Waals surface area (Å²) in [6, 6.07) is 0. The molecule has 0 aromatic rings. The van der Waals surface area contributed by atoms with Crippen LogP contribution in [0.5, 0.6) is 0 Å². The molecule has 0 N–H and O–H groups in total. The van der Waals surface area contributed by atoms with Crippen LogP contribution in [0.15, 0.2) is 0 Å². The zero-order valence-electron chi connectivity index (χ0n) is 4.13.